The predicted molar refractivity (Wildman–Crippen MR) is 84.5 cm³/mol. The van der Waals surface area contributed by atoms with Crippen LogP contribution in [0.3, 0.4) is 0 Å². The first kappa shape index (κ1) is 16.6. The summed E-state index contributed by atoms with van der Waals surface area (Å²) in [6, 6.07) is 4.24. The van der Waals surface area contributed by atoms with Gasteiger partial charge in [0, 0.05) is 15.8 Å². The Labute approximate surface area is 136 Å². The SMILES string of the molecule is COC(=O)c1cscc1NS(=O)(=O)c1cc(Cl)ccc1OC. The van der Waals surface area contributed by atoms with Crippen molar-refractivity contribution in [2.24, 2.45) is 0 Å². The Kier molecular flexibility index (Phi) is 4.94. The molecule has 0 aliphatic carbocycles. The van der Waals surface area contributed by atoms with Crippen LogP contribution in [0.5, 0.6) is 5.75 Å². The molecule has 0 saturated heterocycles. The number of rotatable bonds is 5. The maximum absolute atomic E-state index is 12.5. The molecule has 2 aromatic rings. The first-order valence-corrected chi connectivity index (χ1v) is 8.70. The summed E-state index contributed by atoms with van der Waals surface area (Å²) >= 11 is 7.02. The van der Waals surface area contributed by atoms with E-state index in [9.17, 15) is 13.2 Å². The van der Waals surface area contributed by atoms with E-state index in [1.165, 1.54) is 54.5 Å². The van der Waals surface area contributed by atoms with Gasteiger partial charge in [0.2, 0.25) is 0 Å². The molecular formula is C13H12ClNO5S2. The number of sulfonamides is 1. The third kappa shape index (κ3) is 3.34. The number of hydrogen-bond acceptors (Lipinski definition) is 6. The number of carbonyl (C=O) groups excluding carboxylic acids is 1. The molecule has 0 radical (unpaired) electrons. The molecule has 2 rings (SSSR count). The van der Waals surface area contributed by atoms with Crippen molar-refractivity contribution in [3.05, 3.63) is 39.5 Å². The van der Waals surface area contributed by atoms with Crippen LogP contribution < -0.4 is 9.46 Å². The van der Waals surface area contributed by atoms with E-state index in [2.05, 4.69) is 9.46 Å². The number of methoxy groups -OCH3 is 2. The number of nitrogens with one attached hydrogen (secondary N) is 1. The van der Waals surface area contributed by atoms with E-state index in [4.69, 9.17) is 16.3 Å². The van der Waals surface area contributed by atoms with Crippen LogP contribution in [0.1, 0.15) is 10.4 Å². The van der Waals surface area contributed by atoms with E-state index in [-0.39, 0.29) is 26.9 Å². The highest BCUT2D eigenvalue weighted by atomic mass is 35.5. The first-order chi connectivity index (χ1) is 10.4. The molecule has 1 heterocycles. The van der Waals surface area contributed by atoms with Gasteiger partial charge in [-0.2, -0.15) is 0 Å². The molecule has 0 spiro atoms. The van der Waals surface area contributed by atoms with Gasteiger partial charge in [0.1, 0.15) is 10.6 Å². The van der Waals surface area contributed by atoms with Gasteiger partial charge in [-0.3, -0.25) is 4.72 Å². The Hall–Kier alpha value is -1.77. The number of esters is 1. The number of ether oxygens (including phenoxy) is 2. The summed E-state index contributed by atoms with van der Waals surface area (Å²) < 4.78 is 37.0. The van der Waals surface area contributed by atoms with E-state index >= 15 is 0 Å². The molecular weight excluding hydrogens is 350 g/mol. The number of benzene rings is 1. The van der Waals surface area contributed by atoms with Crippen LogP contribution in [0.2, 0.25) is 5.02 Å². The van der Waals surface area contributed by atoms with Crippen LogP contribution in [0.15, 0.2) is 33.9 Å². The van der Waals surface area contributed by atoms with Gasteiger partial charge in [-0.25, -0.2) is 13.2 Å². The molecule has 1 N–H and O–H groups in total. The lowest BCUT2D eigenvalue weighted by molar-refractivity contribution is 0.0602. The lowest BCUT2D eigenvalue weighted by atomic mass is 10.3. The normalized spacial score (nSPS) is 11.0. The van der Waals surface area contributed by atoms with Crippen LogP contribution in [0.4, 0.5) is 5.69 Å². The topological polar surface area (TPSA) is 81.7 Å². The molecule has 0 saturated carbocycles. The maximum Gasteiger partial charge on any atom is 0.340 e. The third-order valence-corrected chi connectivity index (χ3v) is 5.09. The molecule has 0 fully saturated rings. The molecule has 1 aromatic heterocycles. The van der Waals surface area contributed by atoms with Crippen LogP contribution in [-0.2, 0) is 14.8 Å². The van der Waals surface area contributed by atoms with Crippen molar-refractivity contribution < 1.29 is 22.7 Å². The lowest BCUT2D eigenvalue weighted by Crippen LogP contribution is -2.16. The highest BCUT2D eigenvalue weighted by Gasteiger charge is 2.23. The monoisotopic (exact) mass is 361 g/mol. The fourth-order valence-electron chi connectivity index (χ4n) is 1.70. The van der Waals surface area contributed by atoms with Crippen molar-refractivity contribution in [3.8, 4) is 5.75 Å². The Balaban J connectivity index is 2.43. The molecule has 0 unspecified atom stereocenters. The standard InChI is InChI=1S/C13H12ClNO5S2/c1-19-11-4-3-8(14)5-12(11)22(17,18)15-10-7-21-6-9(10)13(16)20-2/h3-7,15H,1-2H3. The number of thiophene rings is 1. The summed E-state index contributed by atoms with van der Waals surface area (Å²) in [5.74, 6) is -0.483. The van der Waals surface area contributed by atoms with Gasteiger partial charge in [0.25, 0.3) is 10.0 Å². The number of hydrogen-bond donors (Lipinski definition) is 1. The van der Waals surface area contributed by atoms with Crippen molar-refractivity contribution >= 4 is 44.6 Å². The van der Waals surface area contributed by atoms with Crippen LogP contribution >= 0.6 is 22.9 Å². The molecule has 22 heavy (non-hydrogen) atoms. The average molecular weight is 362 g/mol. The molecule has 118 valence electrons. The smallest absolute Gasteiger partial charge is 0.340 e. The Morgan fingerprint density at radius 3 is 2.64 bits per heavy atom. The highest BCUT2D eigenvalue weighted by molar-refractivity contribution is 7.92. The Bertz CT molecular complexity index is 801. The Morgan fingerprint density at radius 1 is 1.27 bits per heavy atom. The summed E-state index contributed by atoms with van der Waals surface area (Å²) in [7, 11) is -1.40. The largest absolute Gasteiger partial charge is 0.495 e. The minimum absolute atomic E-state index is 0.121. The van der Waals surface area contributed by atoms with E-state index in [1.54, 1.807) is 0 Å². The second-order valence-electron chi connectivity index (χ2n) is 4.09. The van der Waals surface area contributed by atoms with Gasteiger partial charge >= 0.3 is 5.97 Å². The average Bonchev–Trinajstić information content (AvgIpc) is 2.93. The summed E-state index contributed by atoms with van der Waals surface area (Å²) in [6.07, 6.45) is 0. The molecule has 0 aliphatic heterocycles. The van der Waals surface area contributed by atoms with Crippen LogP contribution in [-0.4, -0.2) is 28.6 Å². The van der Waals surface area contributed by atoms with E-state index < -0.39 is 16.0 Å². The molecule has 0 amide bonds. The molecule has 9 heteroatoms. The van der Waals surface area contributed by atoms with Crippen molar-refractivity contribution in [1.29, 1.82) is 0 Å². The Morgan fingerprint density at radius 2 is 2.00 bits per heavy atom. The lowest BCUT2D eigenvalue weighted by Gasteiger charge is -2.12. The fraction of sp³-hybridized carbons (Fsp3) is 0.154. The predicted octanol–water partition coefficient (Wildman–Crippen LogP) is 3.00. The number of halogens is 1. The molecule has 0 aliphatic rings. The van der Waals surface area contributed by atoms with E-state index in [0.29, 0.717) is 0 Å². The molecule has 1 aromatic carbocycles. The van der Waals surface area contributed by atoms with Crippen molar-refractivity contribution in [2.75, 3.05) is 18.9 Å². The first-order valence-electron chi connectivity index (χ1n) is 5.90. The van der Waals surface area contributed by atoms with Crippen molar-refractivity contribution in [2.45, 2.75) is 4.90 Å². The minimum atomic E-state index is -3.97. The third-order valence-electron chi connectivity index (χ3n) is 2.73. The van der Waals surface area contributed by atoms with Gasteiger partial charge in [-0.15, -0.1) is 11.3 Å². The van der Waals surface area contributed by atoms with Gasteiger partial charge in [0.15, 0.2) is 0 Å². The summed E-state index contributed by atoms with van der Waals surface area (Å²) in [4.78, 5) is 11.5. The minimum Gasteiger partial charge on any atom is -0.495 e. The number of carbonyl (C=O) groups is 1. The fourth-order valence-corrected chi connectivity index (χ4v) is 4.03. The van der Waals surface area contributed by atoms with Gasteiger partial charge in [-0.1, -0.05) is 11.6 Å². The van der Waals surface area contributed by atoms with Gasteiger partial charge in [-0.05, 0) is 18.2 Å². The van der Waals surface area contributed by atoms with Gasteiger partial charge in [0.05, 0.1) is 25.5 Å². The summed E-state index contributed by atoms with van der Waals surface area (Å²) in [6.45, 7) is 0. The zero-order chi connectivity index (χ0) is 16.3. The quantitative estimate of drug-likeness (QED) is 0.828. The zero-order valence-electron chi connectivity index (χ0n) is 11.6. The summed E-state index contributed by atoms with van der Waals surface area (Å²) in [5.41, 5.74) is 0.274. The molecule has 0 bridgehead atoms. The second-order valence-corrected chi connectivity index (χ2v) is 6.92. The maximum atomic E-state index is 12.5. The molecule has 0 atom stereocenters. The van der Waals surface area contributed by atoms with E-state index in [0.717, 1.165) is 0 Å². The van der Waals surface area contributed by atoms with Crippen LogP contribution in [0.25, 0.3) is 0 Å². The van der Waals surface area contributed by atoms with Crippen molar-refractivity contribution in [3.63, 3.8) is 0 Å². The van der Waals surface area contributed by atoms with Crippen molar-refractivity contribution in [1.82, 2.24) is 0 Å². The van der Waals surface area contributed by atoms with Gasteiger partial charge < -0.3 is 9.47 Å². The number of anilines is 1. The second kappa shape index (κ2) is 6.55. The van der Waals surface area contributed by atoms with Crippen LogP contribution in [0, 0.1) is 0 Å². The van der Waals surface area contributed by atoms with E-state index in [1.807, 2.05) is 0 Å². The summed E-state index contributed by atoms with van der Waals surface area (Å²) in [5, 5.41) is 3.25. The molecule has 6 nitrogen and oxygen atoms in total. The zero-order valence-corrected chi connectivity index (χ0v) is 14.0. The highest BCUT2D eigenvalue weighted by Crippen LogP contribution is 2.30.